The quantitative estimate of drug-likeness (QED) is 0.313. The number of aliphatic carboxylic acids is 1. The Kier molecular flexibility index (Phi) is 11.1. The van der Waals surface area contributed by atoms with Gasteiger partial charge in [0.25, 0.3) is 0 Å². The smallest absolute Gasteiger partial charge is 0.337 e. The fourth-order valence-corrected chi connectivity index (χ4v) is 3.67. The highest BCUT2D eigenvalue weighted by atomic mass is 16.5. The molecule has 0 bridgehead atoms. The molecule has 2 aromatic carbocycles. The van der Waals surface area contributed by atoms with Crippen LogP contribution in [0, 0.1) is 5.92 Å². The lowest BCUT2D eigenvalue weighted by atomic mass is 10.0. The summed E-state index contributed by atoms with van der Waals surface area (Å²) in [7, 11) is 1.27. The van der Waals surface area contributed by atoms with Gasteiger partial charge < -0.3 is 20.5 Å². The number of carboxylic acids is 1. The summed E-state index contributed by atoms with van der Waals surface area (Å²) >= 11 is 0. The van der Waals surface area contributed by atoms with Gasteiger partial charge in [0.15, 0.2) is 0 Å². The number of carbonyl (C=O) groups excluding carboxylic acids is 3. The van der Waals surface area contributed by atoms with E-state index in [0.29, 0.717) is 24.9 Å². The van der Waals surface area contributed by atoms with Gasteiger partial charge in [0.2, 0.25) is 11.8 Å². The van der Waals surface area contributed by atoms with Gasteiger partial charge >= 0.3 is 11.9 Å². The molecule has 9 nitrogen and oxygen atoms in total. The molecule has 0 fully saturated rings. The number of hydrogen-bond acceptors (Lipinski definition) is 6. The first-order valence-corrected chi connectivity index (χ1v) is 11.9. The maximum absolute atomic E-state index is 13.2. The van der Waals surface area contributed by atoms with Crippen molar-refractivity contribution in [2.45, 2.75) is 58.2 Å². The normalized spacial score (nSPS) is 13.4. The number of aryl methyl sites for hydroxylation is 1. The molecule has 4 N–H and O–H groups in total. The minimum atomic E-state index is -1.07. The molecule has 2 rings (SSSR count). The first kappa shape index (κ1) is 28.5. The third-order valence-electron chi connectivity index (χ3n) is 5.59. The van der Waals surface area contributed by atoms with Gasteiger partial charge in [0.1, 0.15) is 12.1 Å². The van der Waals surface area contributed by atoms with Crippen molar-refractivity contribution in [1.82, 2.24) is 10.6 Å². The lowest BCUT2D eigenvalue weighted by Crippen LogP contribution is -2.54. The predicted octanol–water partition coefficient (Wildman–Crippen LogP) is 3.01. The first-order chi connectivity index (χ1) is 17.1. The SMILES string of the molecule is COC(=O)c1cccc(NC(=O)[C@H](CC(C)C)NC(=O)[C@H](CCc2ccccc2)N[C@H](C)C(=O)O)c1. The molecule has 9 heteroatoms. The number of amides is 2. The standard InChI is InChI=1S/C27H35N3O6/c1-17(2)15-23(25(32)29-21-12-8-11-20(16-21)27(35)36-4)30-24(31)22(28-18(3)26(33)34)14-13-19-9-6-5-7-10-19/h5-12,16-18,22-23,28H,13-15H2,1-4H3,(H,29,32)(H,30,31)(H,33,34)/t18-,22+,23+/m1/s1. The molecule has 0 heterocycles. The van der Waals surface area contributed by atoms with Crippen LogP contribution in [0.4, 0.5) is 5.69 Å². The molecule has 0 spiro atoms. The molecule has 0 aliphatic carbocycles. The Balaban J connectivity index is 2.17. The Morgan fingerprint density at radius 3 is 2.22 bits per heavy atom. The monoisotopic (exact) mass is 497 g/mol. The van der Waals surface area contributed by atoms with Crippen molar-refractivity contribution in [3.8, 4) is 0 Å². The molecular formula is C27H35N3O6. The fourth-order valence-electron chi connectivity index (χ4n) is 3.67. The van der Waals surface area contributed by atoms with Gasteiger partial charge in [-0.3, -0.25) is 19.7 Å². The van der Waals surface area contributed by atoms with Crippen LogP contribution in [-0.4, -0.2) is 54.1 Å². The van der Waals surface area contributed by atoms with Gasteiger partial charge in [-0.1, -0.05) is 50.2 Å². The van der Waals surface area contributed by atoms with Crippen LogP contribution in [0.3, 0.4) is 0 Å². The number of benzene rings is 2. The molecule has 36 heavy (non-hydrogen) atoms. The summed E-state index contributed by atoms with van der Waals surface area (Å²) in [5.74, 6) is -2.40. The minimum Gasteiger partial charge on any atom is -0.480 e. The Labute approximate surface area is 211 Å². The van der Waals surface area contributed by atoms with E-state index in [1.54, 1.807) is 18.2 Å². The van der Waals surface area contributed by atoms with Crippen molar-refractivity contribution in [3.05, 3.63) is 65.7 Å². The summed E-state index contributed by atoms with van der Waals surface area (Å²) in [6.45, 7) is 5.33. The zero-order chi connectivity index (χ0) is 26.7. The second kappa shape index (κ2) is 14.0. The van der Waals surface area contributed by atoms with Gasteiger partial charge in [-0.25, -0.2) is 4.79 Å². The van der Waals surface area contributed by atoms with E-state index in [2.05, 4.69) is 16.0 Å². The Bertz CT molecular complexity index is 1040. The molecule has 3 atom stereocenters. The van der Waals surface area contributed by atoms with E-state index in [1.807, 2.05) is 44.2 Å². The number of hydrogen-bond donors (Lipinski definition) is 4. The number of rotatable bonds is 13. The number of carboxylic acid groups (broad SMARTS) is 1. The van der Waals surface area contributed by atoms with Crippen LogP contribution in [0.25, 0.3) is 0 Å². The minimum absolute atomic E-state index is 0.0936. The molecule has 194 valence electrons. The highest BCUT2D eigenvalue weighted by Crippen LogP contribution is 2.14. The van der Waals surface area contributed by atoms with Gasteiger partial charge in [0, 0.05) is 5.69 Å². The molecule has 0 aromatic heterocycles. The number of esters is 1. The molecule has 2 aromatic rings. The number of anilines is 1. The summed E-state index contributed by atoms with van der Waals surface area (Å²) in [6.07, 6.45) is 1.28. The van der Waals surface area contributed by atoms with Crippen LogP contribution >= 0.6 is 0 Å². The summed E-state index contributed by atoms with van der Waals surface area (Å²) in [6, 6.07) is 13.3. The molecule has 0 unspecified atom stereocenters. The van der Waals surface area contributed by atoms with Gasteiger partial charge in [-0.2, -0.15) is 0 Å². The van der Waals surface area contributed by atoms with Crippen molar-refractivity contribution in [3.63, 3.8) is 0 Å². The molecule has 0 radical (unpaired) electrons. The van der Waals surface area contributed by atoms with E-state index < -0.39 is 41.9 Å². The van der Waals surface area contributed by atoms with Crippen molar-refractivity contribution in [2.24, 2.45) is 5.92 Å². The van der Waals surface area contributed by atoms with Crippen molar-refractivity contribution in [2.75, 3.05) is 12.4 Å². The lowest BCUT2D eigenvalue weighted by Gasteiger charge is -2.25. The van der Waals surface area contributed by atoms with Crippen molar-refractivity contribution < 1.29 is 29.0 Å². The number of nitrogens with one attached hydrogen (secondary N) is 3. The fraction of sp³-hybridized carbons (Fsp3) is 0.407. The highest BCUT2D eigenvalue weighted by Gasteiger charge is 2.28. The predicted molar refractivity (Wildman–Crippen MR) is 137 cm³/mol. The van der Waals surface area contributed by atoms with E-state index in [9.17, 15) is 24.3 Å². The molecule has 0 saturated carbocycles. The number of ether oxygens (including phenoxy) is 1. The van der Waals surface area contributed by atoms with Crippen LogP contribution < -0.4 is 16.0 Å². The van der Waals surface area contributed by atoms with Crippen LogP contribution in [0.2, 0.25) is 0 Å². The zero-order valence-electron chi connectivity index (χ0n) is 21.1. The highest BCUT2D eigenvalue weighted by molar-refractivity contribution is 5.99. The molecule has 2 amide bonds. The van der Waals surface area contributed by atoms with E-state index in [4.69, 9.17) is 4.74 Å². The topological polar surface area (TPSA) is 134 Å². The average Bonchev–Trinajstić information content (AvgIpc) is 2.85. The van der Waals surface area contributed by atoms with Crippen LogP contribution in [-0.2, 0) is 25.5 Å². The Morgan fingerprint density at radius 1 is 0.917 bits per heavy atom. The third-order valence-corrected chi connectivity index (χ3v) is 5.59. The number of carbonyl (C=O) groups is 4. The van der Waals surface area contributed by atoms with Crippen molar-refractivity contribution >= 4 is 29.4 Å². The lowest BCUT2D eigenvalue weighted by molar-refractivity contribution is -0.139. The zero-order valence-corrected chi connectivity index (χ0v) is 21.1. The Hall–Kier alpha value is -3.72. The third kappa shape index (κ3) is 9.14. The molecule has 0 aliphatic rings. The second-order valence-corrected chi connectivity index (χ2v) is 9.06. The first-order valence-electron chi connectivity index (χ1n) is 11.9. The second-order valence-electron chi connectivity index (χ2n) is 9.06. The van der Waals surface area contributed by atoms with E-state index in [0.717, 1.165) is 5.56 Å². The van der Waals surface area contributed by atoms with Gasteiger partial charge in [-0.05, 0) is 55.9 Å². The van der Waals surface area contributed by atoms with E-state index in [-0.39, 0.29) is 11.5 Å². The van der Waals surface area contributed by atoms with Crippen molar-refractivity contribution in [1.29, 1.82) is 0 Å². The Morgan fingerprint density at radius 2 is 1.61 bits per heavy atom. The van der Waals surface area contributed by atoms with Crippen LogP contribution in [0.5, 0.6) is 0 Å². The maximum atomic E-state index is 13.2. The summed E-state index contributed by atoms with van der Waals surface area (Å²) in [5, 5.41) is 17.8. The molecule has 0 saturated heterocycles. The van der Waals surface area contributed by atoms with E-state index >= 15 is 0 Å². The molecule has 0 aliphatic heterocycles. The average molecular weight is 498 g/mol. The van der Waals surface area contributed by atoms with Crippen LogP contribution in [0.15, 0.2) is 54.6 Å². The summed E-state index contributed by atoms with van der Waals surface area (Å²) < 4.78 is 4.72. The maximum Gasteiger partial charge on any atom is 0.337 e. The van der Waals surface area contributed by atoms with E-state index in [1.165, 1.54) is 20.1 Å². The number of methoxy groups -OCH3 is 1. The largest absolute Gasteiger partial charge is 0.480 e. The summed E-state index contributed by atoms with van der Waals surface area (Å²) in [5.41, 5.74) is 1.69. The van der Waals surface area contributed by atoms with Crippen LogP contribution in [0.1, 0.15) is 49.5 Å². The molecular weight excluding hydrogens is 462 g/mol. The van der Waals surface area contributed by atoms with Gasteiger partial charge in [-0.15, -0.1) is 0 Å². The summed E-state index contributed by atoms with van der Waals surface area (Å²) in [4.78, 5) is 49.6. The van der Waals surface area contributed by atoms with Gasteiger partial charge in [0.05, 0.1) is 18.7 Å².